The third-order valence-corrected chi connectivity index (χ3v) is 2.98. The van der Waals surface area contributed by atoms with Gasteiger partial charge in [-0.1, -0.05) is 0 Å². The molecular formula is C13H16F3N2O. The molecule has 1 radical (unpaired) electrons. The van der Waals surface area contributed by atoms with E-state index >= 15 is 0 Å². The number of alkyl halides is 3. The number of hydrogen-bond donors (Lipinski definition) is 0. The predicted octanol–water partition coefficient (Wildman–Crippen LogP) is 2.53. The molecule has 1 saturated heterocycles. The standard InChI is InChI=1S/C13H16F3N2O/c1-2-19-12-4-3-10(13(14,15)16)9-11(12)18-7-5-17-6-8-18/h3-4,9H,2,5-8H2,1H3. The van der Waals surface area contributed by atoms with Crippen molar-refractivity contribution >= 4 is 5.69 Å². The summed E-state index contributed by atoms with van der Waals surface area (Å²) in [7, 11) is 0. The first-order valence-electron chi connectivity index (χ1n) is 6.24. The third kappa shape index (κ3) is 3.32. The molecule has 0 unspecified atom stereocenters. The number of halogens is 3. The minimum absolute atomic E-state index is 0.427. The van der Waals surface area contributed by atoms with Crippen molar-refractivity contribution in [3.8, 4) is 5.75 Å². The molecule has 1 aliphatic heterocycles. The van der Waals surface area contributed by atoms with Gasteiger partial charge in [-0.2, -0.15) is 13.2 Å². The zero-order valence-electron chi connectivity index (χ0n) is 10.7. The van der Waals surface area contributed by atoms with Crippen LogP contribution in [0.15, 0.2) is 18.2 Å². The SMILES string of the molecule is CCOc1ccc(C(F)(F)F)cc1N1CC[N]CC1. The Kier molecular flexibility index (Phi) is 4.19. The van der Waals surface area contributed by atoms with E-state index in [2.05, 4.69) is 5.32 Å². The Hall–Kier alpha value is -1.43. The highest BCUT2D eigenvalue weighted by atomic mass is 19.4. The number of nitrogens with zero attached hydrogens (tertiary/aromatic N) is 2. The summed E-state index contributed by atoms with van der Waals surface area (Å²) in [6.07, 6.45) is -4.33. The van der Waals surface area contributed by atoms with Crippen LogP contribution in [0, 0.1) is 0 Å². The van der Waals surface area contributed by atoms with Crippen molar-refractivity contribution in [1.82, 2.24) is 5.32 Å². The lowest BCUT2D eigenvalue weighted by Crippen LogP contribution is -2.40. The molecule has 6 heteroatoms. The van der Waals surface area contributed by atoms with E-state index in [9.17, 15) is 13.2 Å². The van der Waals surface area contributed by atoms with Crippen molar-refractivity contribution in [2.75, 3.05) is 37.7 Å². The van der Waals surface area contributed by atoms with E-state index < -0.39 is 11.7 Å². The second-order valence-electron chi connectivity index (χ2n) is 4.27. The number of ether oxygens (including phenoxy) is 1. The number of rotatable bonds is 3. The maximum absolute atomic E-state index is 12.8. The van der Waals surface area contributed by atoms with Crippen LogP contribution in [-0.2, 0) is 6.18 Å². The Bertz CT molecular complexity index is 428. The molecule has 105 valence electrons. The Morgan fingerprint density at radius 3 is 2.53 bits per heavy atom. The van der Waals surface area contributed by atoms with Crippen LogP contribution >= 0.6 is 0 Å². The van der Waals surface area contributed by atoms with Gasteiger partial charge in [0.25, 0.3) is 0 Å². The van der Waals surface area contributed by atoms with Crippen LogP contribution < -0.4 is 15.0 Å². The molecule has 0 N–H and O–H groups in total. The number of anilines is 1. The van der Waals surface area contributed by atoms with E-state index in [0.29, 0.717) is 44.2 Å². The van der Waals surface area contributed by atoms with E-state index in [0.717, 1.165) is 12.1 Å². The van der Waals surface area contributed by atoms with E-state index in [4.69, 9.17) is 4.74 Å². The van der Waals surface area contributed by atoms with Gasteiger partial charge in [-0.15, -0.1) is 0 Å². The van der Waals surface area contributed by atoms with Gasteiger partial charge in [-0.25, -0.2) is 5.32 Å². The lowest BCUT2D eigenvalue weighted by atomic mass is 10.1. The molecule has 0 bridgehead atoms. The number of hydrogen-bond acceptors (Lipinski definition) is 2. The molecule has 0 aromatic heterocycles. The zero-order chi connectivity index (χ0) is 13.9. The van der Waals surface area contributed by atoms with Gasteiger partial charge >= 0.3 is 6.18 Å². The van der Waals surface area contributed by atoms with Crippen molar-refractivity contribution in [3.05, 3.63) is 23.8 Å². The molecule has 1 aromatic carbocycles. The highest BCUT2D eigenvalue weighted by molar-refractivity contribution is 5.61. The molecule has 1 aromatic rings. The van der Waals surface area contributed by atoms with Crippen LogP contribution in [-0.4, -0.2) is 32.8 Å². The summed E-state index contributed by atoms with van der Waals surface area (Å²) in [4.78, 5) is 1.90. The summed E-state index contributed by atoms with van der Waals surface area (Å²) in [6, 6.07) is 3.62. The molecule has 3 nitrogen and oxygen atoms in total. The van der Waals surface area contributed by atoms with E-state index in [1.807, 2.05) is 11.8 Å². The average Bonchev–Trinajstić information content (AvgIpc) is 2.39. The summed E-state index contributed by atoms with van der Waals surface area (Å²) >= 11 is 0. The van der Waals surface area contributed by atoms with Gasteiger partial charge in [0.15, 0.2) is 0 Å². The third-order valence-electron chi connectivity index (χ3n) is 2.98. The van der Waals surface area contributed by atoms with E-state index in [-0.39, 0.29) is 0 Å². The maximum Gasteiger partial charge on any atom is 0.416 e. The monoisotopic (exact) mass is 273 g/mol. The van der Waals surface area contributed by atoms with Crippen LogP contribution in [0.2, 0.25) is 0 Å². The fraction of sp³-hybridized carbons (Fsp3) is 0.538. The Morgan fingerprint density at radius 2 is 1.95 bits per heavy atom. The molecule has 0 amide bonds. The average molecular weight is 273 g/mol. The lowest BCUT2D eigenvalue weighted by molar-refractivity contribution is -0.137. The Balaban J connectivity index is 2.35. The van der Waals surface area contributed by atoms with Gasteiger partial charge in [-0.3, -0.25) is 0 Å². The van der Waals surface area contributed by atoms with Gasteiger partial charge in [0.1, 0.15) is 5.75 Å². The molecule has 0 saturated carbocycles. The van der Waals surface area contributed by atoms with Gasteiger partial charge in [0.2, 0.25) is 0 Å². The highest BCUT2D eigenvalue weighted by Crippen LogP contribution is 2.36. The molecule has 1 fully saturated rings. The summed E-state index contributed by atoms with van der Waals surface area (Å²) in [5.74, 6) is 0.498. The minimum atomic E-state index is -4.33. The number of benzene rings is 1. The molecule has 19 heavy (non-hydrogen) atoms. The molecule has 1 aliphatic rings. The Labute approximate surface area is 110 Å². The fourth-order valence-corrected chi connectivity index (χ4v) is 2.07. The second-order valence-corrected chi connectivity index (χ2v) is 4.27. The van der Waals surface area contributed by atoms with Crippen LogP contribution in [0.4, 0.5) is 18.9 Å². The van der Waals surface area contributed by atoms with Crippen molar-refractivity contribution in [3.63, 3.8) is 0 Å². The predicted molar refractivity (Wildman–Crippen MR) is 66.7 cm³/mol. The smallest absolute Gasteiger partial charge is 0.416 e. The summed E-state index contributed by atoms with van der Waals surface area (Å²) in [5, 5.41) is 4.19. The zero-order valence-corrected chi connectivity index (χ0v) is 10.7. The molecule has 0 aliphatic carbocycles. The first kappa shape index (κ1) is 14.0. The number of piperazine rings is 1. The molecular weight excluding hydrogens is 257 g/mol. The minimum Gasteiger partial charge on any atom is -0.492 e. The molecule has 2 rings (SSSR count). The van der Waals surface area contributed by atoms with Gasteiger partial charge in [-0.05, 0) is 25.1 Å². The van der Waals surface area contributed by atoms with E-state index in [1.54, 1.807) is 0 Å². The van der Waals surface area contributed by atoms with Crippen LogP contribution in [0.5, 0.6) is 5.75 Å². The Morgan fingerprint density at radius 1 is 1.26 bits per heavy atom. The van der Waals surface area contributed by atoms with Crippen molar-refractivity contribution in [1.29, 1.82) is 0 Å². The molecule has 0 spiro atoms. The van der Waals surface area contributed by atoms with Gasteiger partial charge in [0, 0.05) is 26.2 Å². The topological polar surface area (TPSA) is 26.6 Å². The quantitative estimate of drug-likeness (QED) is 0.846. The van der Waals surface area contributed by atoms with E-state index in [1.165, 1.54) is 6.07 Å². The lowest BCUT2D eigenvalue weighted by Gasteiger charge is -2.30. The highest BCUT2D eigenvalue weighted by Gasteiger charge is 2.32. The van der Waals surface area contributed by atoms with Gasteiger partial charge < -0.3 is 9.64 Å². The fourth-order valence-electron chi connectivity index (χ4n) is 2.07. The van der Waals surface area contributed by atoms with Gasteiger partial charge in [0.05, 0.1) is 17.9 Å². The normalized spacial score (nSPS) is 16.5. The van der Waals surface area contributed by atoms with Crippen LogP contribution in [0.1, 0.15) is 12.5 Å². The summed E-state index contributed by atoms with van der Waals surface area (Å²) < 4.78 is 43.7. The molecule has 0 atom stereocenters. The first-order valence-corrected chi connectivity index (χ1v) is 6.24. The maximum atomic E-state index is 12.8. The van der Waals surface area contributed by atoms with Crippen molar-refractivity contribution in [2.24, 2.45) is 0 Å². The summed E-state index contributed by atoms with van der Waals surface area (Å²) in [6.45, 7) is 4.77. The summed E-state index contributed by atoms with van der Waals surface area (Å²) in [5.41, 5.74) is -0.139. The van der Waals surface area contributed by atoms with Crippen molar-refractivity contribution in [2.45, 2.75) is 13.1 Å². The largest absolute Gasteiger partial charge is 0.492 e. The molecule has 1 heterocycles. The van der Waals surface area contributed by atoms with Crippen molar-refractivity contribution < 1.29 is 17.9 Å². The second kappa shape index (κ2) is 5.69. The van der Waals surface area contributed by atoms with Crippen LogP contribution in [0.25, 0.3) is 0 Å². The first-order chi connectivity index (χ1) is 9.02. The van der Waals surface area contributed by atoms with Crippen LogP contribution in [0.3, 0.4) is 0 Å².